The molecule has 3 rings (SSSR count). The summed E-state index contributed by atoms with van der Waals surface area (Å²) in [7, 11) is 0. The molecule has 23 heavy (non-hydrogen) atoms. The van der Waals surface area contributed by atoms with Gasteiger partial charge in [0.1, 0.15) is 5.82 Å². The SMILES string of the molecule is NC(Cc1ccccc1)c1nnc(SCc2ccc(F)cc2)o1. The van der Waals surface area contributed by atoms with Crippen molar-refractivity contribution in [1.29, 1.82) is 0 Å². The molecule has 1 aromatic heterocycles. The van der Waals surface area contributed by atoms with Crippen LogP contribution < -0.4 is 5.73 Å². The summed E-state index contributed by atoms with van der Waals surface area (Å²) in [4.78, 5) is 0. The number of aromatic nitrogens is 2. The summed E-state index contributed by atoms with van der Waals surface area (Å²) < 4.78 is 18.5. The van der Waals surface area contributed by atoms with Crippen molar-refractivity contribution in [3.8, 4) is 0 Å². The maximum Gasteiger partial charge on any atom is 0.276 e. The average molecular weight is 329 g/mol. The van der Waals surface area contributed by atoms with Crippen LogP contribution in [0.1, 0.15) is 23.1 Å². The Balaban J connectivity index is 1.58. The van der Waals surface area contributed by atoms with Crippen LogP contribution in [-0.2, 0) is 12.2 Å². The van der Waals surface area contributed by atoms with E-state index < -0.39 is 0 Å². The number of nitrogens with two attached hydrogens (primary N) is 1. The van der Waals surface area contributed by atoms with Gasteiger partial charge >= 0.3 is 0 Å². The van der Waals surface area contributed by atoms with E-state index in [1.54, 1.807) is 12.1 Å². The minimum absolute atomic E-state index is 0.245. The van der Waals surface area contributed by atoms with Crippen LogP contribution in [0.4, 0.5) is 4.39 Å². The van der Waals surface area contributed by atoms with E-state index in [2.05, 4.69) is 10.2 Å². The van der Waals surface area contributed by atoms with E-state index in [1.165, 1.54) is 23.9 Å². The molecule has 0 aliphatic rings. The van der Waals surface area contributed by atoms with E-state index in [1.807, 2.05) is 30.3 Å². The molecule has 0 saturated heterocycles. The van der Waals surface area contributed by atoms with E-state index in [4.69, 9.17) is 10.2 Å². The highest BCUT2D eigenvalue weighted by atomic mass is 32.2. The van der Waals surface area contributed by atoms with Gasteiger partial charge in [-0.2, -0.15) is 0 Å². The third-order valence-corrected chi connectivity index (χ3v) is 4.20. The maximum absolute atomic E-state index is 12.9. The number of benzene rings is 2. The molecule has 1 heterocycles. The molecule has 6 heteroatoms. The van der Waals surface area contributed by atoms with Crippen LogP contribution in [0.5, 0.6) is 0 Å². The predicted molar refractivity (Wildman–Crippen MR) is 87.3 cm³/mol. The van der Waals surface area contributed by atoms with Crippen LogP contribution >= 0.6 is 11.8 Å². The first-order valence-corrected chi connectivity index (χ1v) is 8.19. The molecule has 0 aliphatic heterocycles. The van der Waals surface area contributed by atoms with Gasteiger partial charge in [-0.15, -0.1) is 10.2 Å². The van der Waals surface area contributed by atoms with Gasteiger partial charge in [-0.1, -0.05) is 54.2 Å². The zero-order valence-electron chi connectivity index (χ0n) is 12.4. The molecule has 0 amide bonds. The molecule has 4 nitrogen and oxygen atoms in total. The minimum Gasteiger partial charge on any atom is -0.414 e. The van der Waals surface area contributed by atoms with E-state index >= 15 is 0 Å². The molecule has 0 aliphatic carbocycles. The molecule has 2 aromatic carbocycles. The van der Waals surface area contributed by atoms with E-state index in [0.29, 0.717) is 23.3 Å². The summed E-state index contributed by atoms with van der Waals surface area (Å²) in [6.07, 6.45) is 0.644. The fourth-order valence-corrected chi connectivity index (χ4v) is 2.84. The Morgan fingerprint density at radius 1 is 1.00 bits per heavy atom. The molecule has 3 aromatic rings. The monoisotopic (exact) mass is 329 g/mol. The van der Waals surface area contributed by atoms with Crippen molar-refractivity contribution < 1.29 is 8.81 Å². The molecule has 0 spiro atoms. The van der Waals surface area contributed by atoms with Crippen molar-refractivity contribution in [1.82, 2.24) is 10.2 Å². The van der Waals surface area contributed by atoms with Crippen LogP contribution in [0.3, 0.4) is 0 Å². The summed E-state index contributed by atoms with van der Waals surface area (Å²) >= 11 is 1.41. The van der Waals surface area contributed by atoms with Crippen molar-refractivity contribution >= 4 is 11.8 Å². The Morgan fingerprint density at radius 2 is 1.74 bits per heavy atom. The number of nitrogens with zero attached hydrogens (tertiary/aromatic N) is 2. The van der Waals surface area contributed by atoms with Gasteiger partial charge in [-0.3, -0.25) is 0 Å². The summed E-state index contributed by atoms with van der Waals surface area (Å²) in [5.41, 5.74) is 8.23. The molecule has 0 radical (unpaired) electrons. The predicted octanol–water partition coefficient (Wildman–Crippen LogP) is 3.74. The zero-order valence-corrected chi connectivity index (χ0v) is 13.2. The van der Waals surface area contributed by atoms with Gasteiger partial charge in [0, 0.05) is 5.75 Å². The number of rotatable bonds is 6. The van der Waals surface area contributed by atoms with Crippen LogP contribution in [0, 0.1) is 5.82 Å². The van der Waals surface area contributed by atoms with Crippen molar-refractivity contribution in [2.24, 2.45) is 5.73 Å². The molecule has 1 atom stereocenters. The lowest BCUT2D eigenvalue weighted by Crippen LogP contribution is -2.13. The van der Waals surface area contributed by atoms with Crippen molar-refractivity contribution in [3.63, 3.8) is 0 Å². The normalized spacial score (nSPS) is 12.3. The minimum atomic E-state index is -0.329. The van der Waals surface area contributed by atoms with E-state index in [0.717, 1.165) is 11.1 Å². The topological polar surface area (TPSA) is 64.9 Å². The molecular formula is C17H16FN3OS. The Labute approximate surface area is 137 Å². The largest absolute Gasteiger partial charge is 0.414 e. The molecule has 2 N–H and O–H groups in total. The fourth-order valence-electron chi connectivity index (χ4n) is 2.11. The van der Waals surface area contributed by atoms with Crippen LogP contribution in [0.15, 0.2) is 64.2 Å². The zero-order chi connectivity index (χ0) is 16.1. The van der Waals surface area contributed by atoms with Gasteiger partial charge in [0.05, 0.1) is 6.04 Å². The Hall–Kier alpha value is -2.18. The third kappa shape index (κ3) is 4.40. The van der Waals surface area contributed by atoms with Gasteiger partial charge in [0.25, 0.3) is 5.22 Å². The van der Waals surface area contributed by atoms with Crippen LogP contribution in [-0.4, -0.2) is 10.2 Å². The quantitative estimate of drug-likeness (QED) is 0.698. The summed E-state index contributed by atoms with van der Waals surface area (Å²) in [5.74, 6) is 0.816. The average Bonchev–Trinajstić information content (AvgIpc) is 3.04. The highest BCUT2D eigenvalue weighted by Crippen LogP contribution is 2.24. The first-order chi connectivity index (χ1) is 11.2. The molecule has 0 saturated carbocycles. The van der Waals surface area contributed by atoms with E-state index in [-0.39, 0.29) is 11.9 Å². The lowest BCUT2D eigenvalue weighted by molar-refractivity contribution is 0.385. The van der Waals surface area contributed by atoms with Gasteiger partial charge in [-0.05, 0) is 29.7 Å². The van der Waals surface area contributed by atoms with Crippen LogP contribution in [0.2, 0.25) is 0 Å². The molecule has 118 valence electrons. The summed E-state index contributed by atoms with van der Waals surface area (Å²) in [6, 6.07) is 16.0. The van der Waals surface area contributed by atoms with Crippen LogP contribution in [0.25, 0.3) is 0 Å². The van der Waals surface area contributed by atoms with Gasteiger partial charge in [-0.25, -0.2) is 4.39 Å². The summed E-state index contributed by atoms with van der Waals surface area (Å²) in [5, 5.41) is 8.49. The van der Waals surface area contributed by atoms with Gasteiger partial charge in [0.2, 0.25) is 5.89 Å². The lowest BCUT2D eigenvalue weighted by Gasteiger charge is -2.06. The van der Waals surface area contributed by atoms with Crippen molar-refractivity contribution in [2.75, 3.05) is 0 Å². The molecule has 0 fully saturated rings. The second kappa shape index (κ2) is 7.39. The lowest BCUT2D eigenvalue weighted by atomic mass is 10.1. The number of halogens is 1. The first kappa shape index (κ1) is 15.7. The van der Waals surface area contributed by atoms with Gasteiger partial charge < -0.3 is 10.2 Å². The number of hydrogen-bond donors (Lipinski definition) is 1. The highest BCUT2D eigenvalue weighted by Gasteiger charge is 2.15. The fraction of sp³-hybridized carbons (Fsp3) is 0.176. The first-order valence-electron chi connectivity index (χ1n) is 7.21. The molecule has 1 unspecified atom stereocenters. The molecule has 0 bridgehead atoms. The highest BCUT2D eigenvalue weighted by molar-refractivity contribution is 7.98. The Morgan fingerprint density at radius 3 is 2.48 bits per heavy atom. The standard InChI is InChI=1S/C17H16FN3OS/c18-14-8-6-13(7-9-14)11-23-17-21-20-16(22-17)15(19)10-12-4-2-1-3-5-12/h1-9,15H,10-11,19H2. The second-order valence-electron chi connectivity index (χ2n) is 5.12. The Kier molecular flexibility index (Phi) is 5.05. The second-order valence-corrected chi connectivity index (χ2v) is 6.04. The molecular weight excluding hydrogens is 313 g/mol. The third-order valence-electron chi connectivity index (χ3n) is 3.31. The maximum atomic E-state index is 12.9. The number of hydrogen-bond acceptors (Lipinski definition) is 5. The van der Waals surface area contributed by atoms with E-state index in [9.17, 15) is 4.39 Å². The number of thioether (sulfide) groups is 1. The van der Waals surface area contributed by atoms with Crippen molar-refractivity contribution in [2.45, 2.75) is 23.4 Å². The van der Waals surface area contributed by atoms with Gasteiger partial charge in [0.15, 0.2) is 0 Å². The summed E-state index contributed by atoms with van der Waals surface area (Å²) in [6.45, 7) is 0. The van der Waals surface area contributed by atoms with Crippen molar-refractivity contribution in [3.05, 3.63) is 77.4 Å². The smallest absolute Gasteiger partial charge is 0.276 e. The Bertz CT molecular complexity index is 746.